The number of benzene rings is 2. The average molecular weight is 341 g/mol. The largest absolute Gasteiger partial charge is 0.491 e. The van der Waals surface area contributed by atoms with Crippen molar-refractivity contribution in [3.63, 3.8) is 0 Å². The van der Waals surface area contributed by atoms with Crippen LogP contribution >= 0.6 is 0 Å². The molecule has 1 atom stereocenters. The molecule has 0 aromatic heterocycles. The fraction of sp³-hybridized carbons (Fsp3) is 0.429. The van der Waals surface area contributed by atoms with Gasteiger partial charge < -0.3 is 19.5 Å². The Labute approximate surface area is 150 Å². The predicted molar refractivity (Wildman–Crippen MR) is 100 cm³/mol. The van der Waals surface area contributed by atoms with Crippen LogP contribution in [0.4, 0.5) is 5.69 Å². The number of nitrogens with one attached hydrogen (secondary N) is 1. The first kappa shape index (κ1) is 17.6. The first-order chi connectivity index (χ1) is 12.2. The molecule has 0 bridgehead atoms. The van der Waals surface area contributed by atoms with Gasteiger partial charge in [-0.1, -0.05) is 18.2 Å². The lowest BCUT2D eigenvalue weighted by atomic mass is 10.2. The quantitative estimate of drug-likeness (QED) is 0.759. The van der Waals surface area contributed by atoms with Crippen LogP contribution in [0.25, 0.3) is 0 Å². The summed E-state index contributed by atoms with van der Waals surface area (Å²) < 4.78 is 17.1. The van der Waals surface area contributed by atoms with E-state index < -0.39 is 0 Å². The van der Waals surface area contributed by atoms with Gasteiger partial charge in [-0.05, 0) is 56.5 Å². The Morgan fingerprint density at radius 2 is 1.96 bits per heavy atom. The first-order valence-electron chi connectivity index (χ1n) is 9.03. The Balaban J connectivity index is 1.48. The van der Waals surface area contributed by atoms with Crippen molar-refractivity contribution < 1.29 is 14.2 Å². The summed E-state index contributed by atoms with van der Waals surface area (Å²) in [4.78, 5) is 0. The monoisotopic (exact) mass is 341 g/mol. The first-order valence-corrected chi connectivity index (χ1v) is 9.03. The zero-order chi connectivity index (χ0) is 17.5. The van der Waals surface area contributed by atoms with Crippen LogP contribution < -0.4 is 14.8 Å². The van der Waals surface area contributed by atoms with E-state index in [1.807, 2.05) is 50.2 Å². The molecule has 25 heavy (non-hydrogen) atoms. The Morgan fingerprint density at radius 3 is 2.68 bits per heavy atom. The van der Waals surface area contributed by atoms with Gasteiger partial charge in [0.25, 0.3) is 0 Å². The van der Waals surface area contributed by atoms with Crippen molar-refractivity contribution in [1.29, 1.82) is 0 Å². The van der Waals surface area contributed by atoms with Crippen molar-refractivity contribution in [3.8, 4) is 11.5 Å². The van der Waals surface area contributed by atoms with Crippen LogP contribution in [0.1, 0.15) is 32.3 Å². The third-order valence-electron chi connectivity index (χ3n) is 4.09. The van der Waals surface area contributed by atoms with Crippen LogP contribution in [0.5, 0.6) is 11.5 Å². The molecule has 0 spiro atoms. The van der Waals surface area contributed by atoms with Crippen molar-refractivity contribution in [2.45, 2.75) is 45.4 Å². The maximum atomic E-state index is 5.80. The molecule has 4 heteroatoms. The number of hydrogen-bond acceptors (Lipinski definition) is 4. The Bertz CT molecular complexity index is 648. The summed E-state index contributed by atoms with van der Waals surface area (Å²) in [6.07, 6.45) is 2.67. The number of rotatable bonds is 8. The van der Waals surface area contributed by atoms with Gasteiger partial charge in [0.2, 0.25) is 0 Å². The van der Waals surface area contributed by atoms with E-state index in [0.29, 0.717) is 6.61 Å². The van der Waals surface area contributed by atoms with E-state index in [4.69, 9.17) is 14.2 Å². The summed E-state index contributed by atoms with van der Waals surface area (Å²) >= 11 is 0. The molecule has 1 aliphatic heterocycles. The summed E-state index contributed by atoms with van der Waals surface area (Å²) in [5.74, 6) is 1.78. The highest BCUT2D eigenvalue weighted by Gasteiger charge is 2.15. The highest BCUT2D eigenvalue weighted by atomic mass is 16.5. The molecule has 1 aliphatic rings. The van der Waals surface area contributed by atoms with Crippen LogP contribution in [0.3, 0.4) is 0 Å². The van der Waals surface area contributed by atoms with E-state index in [2.05, 4.69) is 17.4 Å². The highest BCUT2D eigenvalue weighted by Crippen LogP contribution is 2.20. The van der Waals surface area contributed by atoms with E-state index in [0.717, 1.165) is 43.2 Å². The van der Waals surface area contributed by atoms with Gasteiger partial charge in [-0.25, -0.2) is 0 Å². The van der Waals surface area contributed by atoms with Crippen molar-refractivity contribution in [2.24, 2.45) is 0 Å². The third kappa shape index (κ3) is 5.68. The molecule has 0 radical (unpaired) electrons. The molecule has 3 rings (SSSR count). The fourth-order valence-electron chi connectivity index (χ4n) is 2.82. The molecule has 1 saturated heterocycles. The summed E-state index contributed by atoms with van der Waals surface area (Å²) in [5, 5.41) is 3.43. The maximum absolute atomic E-state index is 5.80. The number of anilines is 1. The highest BCUT2D eigenvalue weighted by molar-refractivity contribution is 5.48. The van der Waals surface area contributed by atoms with Gasteiger partial charge in [0.05, 0.1) is 12.2 Å². The molecule has 4 nitrogen and oxygen atoms in total. The molecule has 134 valence electrons. The second-order valence-corrected chi connectivity index (χ2v) is 6.64. The van der Waals surface area contributed by atoms with E-state index >= 15 is 0 Å². The minimum Gasteiger partial charge on any atom is -0.491 e. The zero-order valence-corrected chi connectivity index (χ0v) is 15.0. The van der Waals surface area contributed by atoms with Gasteiger partial charge in [0, 0.05) is 24.9 Å². The molecule has 0 aliphatic carbocycles. The maximum Gasteiger partial charge on any atom is 0.121 e. The van der Waals surface area contributed by atoms with E-state index in [9.17, 15) is 0 Å². The summed E-state index contributed by atoms with van der Waals surface area (Å²) in [5.41, 5.74) is 2.26. The van der Waals surface area contributed by atoms with E-state index in [-0.39, 0.29) is 12.2 Å². The van der Waals surface area contributed by atoms with Gasteiger partial charge in [0.15, 0.2) is 0 Å². The Hall–Kier alpha value is -2.20. The smallest absolute Gasteiger partial charge is 0.121 e. The molecule has 1 heterocycles. The Morgan fingerprint density at radius 1 is 1.12 bits per heavy atom. The lowest BCUT2D eigenvalue weighted by molar-refractivity contribution is 0.0679. The number of ether oxygens (including phenoxy) is 3. The molecule has 0 unspecified atom stereocenters. The van der Waals surface area contributed by atoms with E-state index in [1.165, 1.54) is 5.56 Å². The zero-order valence-electron chi connectivity index (χ0n) is 15.0. The third-order valence-corrected chi connectivity index (χ3v) is 4.09. The van der Waals surface area contributed by atoms with Gasteiger partial charge in [-0.3, -0.25) is 0 Å². The average Bonchev–Trinajstić information content (AvgIpc) is 3.12. The van der Waals surface area contributed by atoms with Gasteiger partial charge in [-0.15, -0.1) is 0 Å². The summed E-state index contributed by atoms with van der Waals surface area (Å²) in [6, 6.07) is 16.3. The second kappa shape index (κ2) is 8.77. The molecular formula is C21H27NO3. The van der Waals surface area contributed by atoms with Crippen LogP contribution in [-0.4, -0.2) is 25.4 Å². The SMILES string of the molecule is CC(C)Oc1cccc(NCc2ccc(OC[C@@H]3CCCO3)cc2)c1. The lowest BCUT2D eigenvalue weighted by Gasteiger charge is -2.13. The minimum atomic E-state index is 0.178. The van der Waals surface area contributed by atoms with Gasteiger partial charge >= 0.3 is 0 Å². The topological polar surface area (TPSA) is 39.7 Å². The van der Waals surface area contributed by atoms with Crippen LogP contribution in [0.2, 0.25) is 0 Å². The second-order valence-electron chi connectivity index (χ2n) is 6.64. The van der Waals surface area contributed by atoms with Crippen molar-refractivity contribution in [3.05, 3.63) is 54.1 Å². The minimum absolute atomic E-state index is 0.178. The summed E-state index contributed by atoms with van der Waals surface area (Å²) in [6.45, 7) is 6.32. The van der Waals surface area contributed by atoms with Crippen molar-refractivity contribution in [1.82, 2.24) is 0 Å². The molecule has 2 aromatic carbocycles. The normalized spacial score (nSPS) is 16.8. The molecule has 0 saturated carbocycles. The molecule has 2 aromatic rings. The summed E-state index contributed by atoms with van der Waals surface area (Å²) in [7, 11) is 0. The number of hydrogen-bond donors (Lipinski definition) is 1. The molecule has 0 amide bonds. The van der Waals surface area contributed by atoms with Gasteiger partial charge in [0.1, 0.15) is 18.1 Å². The van der Waals surface area contributed by atoms with Crippen LogP contribution in [-0.2, 0) is 11.3 Å². The molecule has 1 fully saturated rings. The predicted octanol–water partition coefficient (Wildman–Crippen LogP) is 4.64. The Kier molecular flexibility index (Phi) is 6.18. The standard InChI is InChI=1S/C21H27NO3/c1-16(2)25-20-6-3-5-18(13-20)22-14-17-8-10-19(11-9-17)24-15-21-7-4-12-23-21/h3,5-6,8-11,13,16,21-22H,4,7,12,14-15H2,1-2H3/t21-/m0/s1. The van der Waals surface area contributed by atoms with Crippen LogP contribution in [0, 0.1) is 0 Å². The molecular weight excluding hydrogens is 314 g/mol. The van der Waals surface area contributed by atoms with Crippen LogP contribution in [0.15, 0.2) is 48.5 Å². The van der Waals surface area contributed by atoms with Crippen molar-refractivity contribution >= 4 is 5.69 Å². The fourth-order valence-corrected chi connectivity index (χ4v) is 2.82. The van der Waals surface area contributed by atoms with Gasteiger partial charge in [-0.2, -0.15) is 0 Å². The van der Waals surface area contributed by atoms with Crippen molar-refractivity contribution in [2.75, 3.05) is 18.5 Å². The molecule has 1 N–H and O–H groups in total. The van der Waals surface area contributed by atoms with E-state index in [1.54, 1.807) is 0 Å². The lowest BCUT2D eigenvalue weighted by Crippen LogP contribution is -2.16.